The van der Waals surface area contributed by atoms with Gasteiger partial charge in [-0.25, -0.2) is 4.98 Å². The lowest BCUT2D eigenvalue weighted by Crippen LogP contribution is -2.31. The van der Waals surface area contributed by atoms with E-state index in [1.54, 1.807) is 11.3 Å². The Bertz CT molecular complexity index is 638. The van der Waals surface area contributed by atoms with Crippen LogP contribution in [0.2, 0.25) is 0 Å². The molecule has 0 aliphatic heterocycles. The van der Waals surface area contributed by atoms with E-state index in [4.69, 9.17) is 5.73 Å². The predicted molar refractivity (Wildman–Crippen MR) is 87.6 cm³/mol. The molecule has 2 aromatic rings. The van der Waals surface area contributed by atoms with E-state index in [2.05, 4.69) is 33.6 Å². The second-order valence-electron chi connectivity index (χ2n) is 5.11. The van der Waals surface area contributed by atoms with Crippen molar-refractivity contribution in [1.29, 1.82) is 0 Å². The van der Waals surface area contributed by atoms with E-state index in [1.165, 1.54) is 4.88 Å². The zero-order valence-electron chi connectivity index (χ0n) is 12.6. The lowest BCUT2D eigenvalue weighted by atomic mass is 10.3. The maximum Gasteiger partial charge on any atom is 0.223 e. The third kappa shape index (κ3) is 4.04. The average molecular weight is 307 g/mol. The summed E-state index contributed by atoms with van der Waals surface area (Å²) in [6.45, 7) is 6.50. The number of hydrogen-bond donors (Lipinski definition) is 3. The number of carbonyl (C=O) groups excluding carboxylic acids is 1. The summed E-state index contributed by atoms with van der Waals surface area (Å²) >= 11 is 1.62. The number of aryl methyl sites for hydroxylation is 1. The molecule has 6 nitrogen and oxygen atoms in total. The lowest BCUT2D eigenvalue weighted by Gasteiger charge is -2.09. The Morgan fingerprint density at radius 3 is 2.86 bits per heavy atom. The van der Waals surface area contributed by atoms with E-state index in [1.807, 2.05) is 13.8 Å². The normalized spacial score (nSPS) is 11.0. The Labute approximate surface area is 128 Å². The van der Waals surface area contributed by atoms with Crippen molar-refractivity contribution in [3.63, 3.8) is 0 Å². The fourth-order valence-corrected chi connectivity index (χ4v) is 2.96. The topological polar surface area (TPSA) is 92.9 Å². The molecule has 0 aliphatic rings. The molecule has 0 bridgehead atoms. The molecule has 2 heterocycles. The summed E-state index contributed by atoms with van der Waals surface area (Å²) in [5.41, 5.74) is 5.74. The summed E-state index contributed by atoms with van der Waals surface area (Å²) in [5, 5.41) is 7.01. The van der Waals surface area contributed by atoms with Gasteiger partial charge in [0.25, 0.3) is 0 Å². The third-order valence-electron chi connectivity index (χ3n) is 2.90. The van der Waals surface area contributed by atoms with Gasteiger partial charge in [0, 0.05) is 23.9 Å². The molecule has 0 aliphatic carbocycles. The van der Waals surface area contributed by atoms with E-state index < -0.39 is 0 Å². The second kappa shape index (κ2) is 6.71. The number of thiophene rings is 1. The molecule has 0 saturated carbocycles. The third-order valence-corrected chi connectivity index (χ3v) is 4.08. The van der Waals surface area contributed by atoms with E-state index in [0.717, 1.165) is 16.6 Å². The van der Waals surface area contributed by atoms with Crippen LogP contribution >= 0.6 is 11.3 Å². The van der Waals surface area contributed by atoms with Crippen LogP contribution in [0.3, 0.4) is 0 Å². The number of nitrogens with one attached hydrogen (secondary N) is 2. The van der Waals surface area contributed by atoms with E-state index in [-0.39, 0.29) is 17.9 Å². The highest BCUT2D eigenvalue weighted by Gasteiger charge is 2.10. The number of amides is 1. The molecule has 21 heavy (non-hydrogen) atoms. The average Bonchev–Trinajstić information content (AvgIpc) is 2.80. The van der Waals surface area contributed by atoms with E-state index in [9.17, 15) is 4.79 Å². The van der Waals surface area contributed by atoms with Crippen LogP contribution < -0.4 is 16.4 Å². The molecule has 4 N–H and O–H groups in total. The predicted octanol–water partition coefficient (Wildman–Crippen LogP) is 2.16. The van der Waals surface area contributed by atoms with Crippen LogP contribution in [0.15, 0.2) is 6.07 Å². The summed E-state index contributed by atoms with van der Waals surface area (Å²) in [6.07, 6.45) is 1.35. The number of carbonyl (C=O) groups is 1. The second-order valence-corrected chi connectivity index (χ2v) is 6.23. The maximum atomic E-state index is 11.6. The fourth-order valence-electron chi connectivity index (χ4n) is 1.99. The zero-order valence-corrected chi connectivity index (χ0v) is 13.4. The standard InChI is InChI=1S/C14H21N5OS/c1-4-9-7-10-12(18-14(15)19-13(10)21-9)16-6-5-11(20)17-8(2)3/h7-8H,4-6H2,1-3H3,(H,17,20)(H3,15,16,18,19). The Balaban J connectivity index is 2.07. The van der Waals surface area contributed by atoms with Crippen LogP contribution in [-0.2, 0) is 11.2 Å². The van der Waals surface area contributed by atoms with Gasteiger partial charge in [0.2, 0.25) is 11.9 Å². The molecule has 7 heteroatoms. The number of nitrogens with zero attached hydrogens (tertiary/aromatic N) is 2. The van der Waals surface area contributed by atoms with Crippen LogP contribution in [0.1, 0.15) is 32.1 Å². The Hall–Kier alpha value is -1.89. The van der Waals surface area contributed by atoms with Gasteiger partial charge in [0.15, 0.2) is 0 Å². The summed E-state index contributed by atoms with van der Waals surface area (Å²) in [4.78, 5) is 22.2. The first kappa shape index (κ1) is 15.5. The van der Waals surface area contributed by atoms with Gasteiger partial charge in [-0.1, -0.05) is 6.92 Å². The van der Waals surface area contributed by atoms with Crippen LogP contribution in [0.25, 0.3) is 10.2 Å². The Kier molecular flexibility index (Phi) is 4.95. The van der Waals surface area contributed by atoms with Gasteiger partial charge in [0.05, 0.1) is 5.39 Å². The molecule has 0 atom stereocenters. The molecule has 0 radical (unpaired) electrons. The Morgan fingerprint density at radius 1 is 1.43 bits per heavy atom. The van der Waals surface area contributed by atoms with Gasteiger partial charge in [-0.3, -0.25) is 4.79 Å². The van der Waals surface area contributed by atoms with Gasteiger partial charge in [0.1, 0.15) is 10.6 Å². The molecule has 0 aromatic carbocycles. The number of hydrogen-bond acceptors (Lipinski definition) is 6. The first-order valence-corrected chi connectivity index (χ1v) is 7.90. The quantitative estimate of drug-likeness (QED) is 0.760. The van der Waals surface area contributed by atoms with Crippen LogP contribution in [0.4, 0.5) is 11.8 Å². The van der Waals surface area contributed by atoms with Crippen molar-refractivity contribution < 1.29 is 4.79 Å². The number of anilines is 2. The maximum absolute atomic E-state index is 11.6. The first-order chi connectivity index (χ1) is 9.99. The van der Waals surface area contributed by atoms with Crippen molar-refractivity contribution in [1.82, 2.24) is 15.3 Å². The number of nitrogens with two attached hydrogens (primary N) is 1. The van der Waals surface area contributed by atoms with Crippen LogP contribution in [-0.4, -0.2) is 28.5 Å². The Morgan fingerprint density at radius 2 is 2.19 bits per heavy atom. The van der Waals surface area contributed by atoms with E-state index >= 15 is 0 Å². The molecule has 2 aromatic heterocycles. The minimum atomic E-state index is 0.0235. The molecule has 0 fully saturated rings. The van der Waals surface area contributed by atoms with Gasteiger partial charge >= 0.3 is 0 Å². The highest BCUT2D eigenvalue weighted by molar-refractivity contribution is 7.18. The van der Waals surface area contributed by atoms with E-state index in [0.29, 0.717) is 18.8 Å². The largest absolute Gasteiger partial charge is 0.369 e. The fraction of sp³-hybridized carbons (Fsp3) is 0.500. The SMILES string of the molecule is CCc1cc2c(NCCC(=O)NC(C)C)nc(N)nc2s1. The first-order valence-electron chi connectivity index (χ1n) is 7.08. The summed E-state index contributed by atoms with van der Waals surface area (Å²) in [7, 11) is 0. The molecular formula is C14H21N5OS. The molecule has 0 spiro atoms. The monoisotopic (exact) mass is 307 g/mol. The number of nitrogen functional groups attached to an aromatic ring is 1. The van der Waals surface area contributed by atoms with Crippen molar-refractivity contribution >= 4 is 39.2 Å². The molecule has 2 rings (SSSR count). The van der Waals surface area contributed by atoms with Gasteiger partial charge in [-0.05, 0) is 26.3 Å². The van der Waals surface area contributed by atoms with Gasteiger partial charge < -0.3 is 16.4 Å². The number of fused-ring (bicyclic) bond motifs is 1. The van der Waals surface area contributed by atoms with Gasteiger partial charge in [-0.2, -0.15) is 4.98 Å². The summed E-state index contributed by atoms with van der Waals surface area (Å²) < 4.78 is 0. The van der Waals surface area contributed by atoms with Crippen molar-refractivity contribution in [3.05, 3.63) is 10.9 Å². The zero-order chi connectivity index (χ0) is 15.4. The number of aromatic nitrogens is 2. The van der Waals surface area contributed by atoms with Gasteiger partial charge in [-0.15, -0.1) is 11.3 Å². The smallest absolute Gasteiger partial charge is 0.223 e. The highest BCUT2D eigenvalue weighted by Crippen LogP contribution is 2.29. The highest BCUT2D eigenvalue weighted by atomic mass is 32.1. The van der Waals surface area contributed by atoms with Crippen LogP contribution in [0.5, 0.6) is 0 Å². The van der Waals surface area contributed by atoms with Crippen molar-refractivity contribution in [3.8, 4) is 0 Å². The van der Waals surface area contributed by atoms with Crippen molar-refractivity contribution in [2.45, 2.75) is 39.7 Å². The van der Waals surface area contributed by atoms with Crippen molar-refractivity contribution in [2.24, 2.45) is 0 Å². The minimum absolute atomic E-state index is 0.0235. The summed E-state index contributed by atoms with van der Waals surface area (Å²) in [6, 6.07) is 2.23. The summed E-state index contributed by atoms with van der Waals surface area (Å²) in [5.74, 6) is 0.974. The number of rotatable bonds is 6. The minimum Gasteiger partial charge on any atom is -0.369 e. The molecule has 1 amide bonds. The van der Waals surface area contributed by atoms with Crippen LogP contribution in [0, 0.1) is 0 Å². The van der Waals surface area contributed by atoms with Crippen molar-refractivity contribution in [2.75, 3.05) is 17.6 Å². The molecular weight excluding hydrogens is 286 g/mol. The molecule has 0 saturated heterocycles. The molecule has 0 unspecified atom stereocenters. The lowest BCUT2D eigenvalue weighted by molar-refractivity contribution is -0.121. The molecule has 114 valence electrons.